The topological polar surface area (TPSA) is 15.3 Å². The van der Waals surface area contributed by atoms with E-state index in [-0.39, 0.29) is 0 Å². The van der Waals surface area contributed by atoms with Crippen LogP contribution in [0.3, 0.4) is 0 Å². The van der Waals surface area contributed by atoms with Crippen LogP contribution in [-0.2, 0) is 0 Å². The van der Waals surface area contributed by atoms with Crippen molar-refractivity contribution >= 4 is 0 Å². The Morgan fingerprint density at radius 2 is 1.92 bits per heavy atom. The van der Waals surface area contributed by atoms with Gasteiger partial charge in [0.15, 0.2) is 0 Å². The summed E-state index contributed by atoms with van der Waals surface area (Å²) in [6.45, 7) is 7.05. The Balaban J connectivity index is 1.98. The van der Waals surface area contributed by atoms with Crippen molar-refractivity contribution in [3.05, 3.63) is 0 Å². The van der Waals surface area contributed by atoms with Crippen LogP contribution >= 0.6 is 0 Å². The summed E-state index contributed by atoms with van der Waals surface area (Å²) >= 11 is 0. The maximum Gasteiger partial charge on any atom is 0.0249 e. The number of rotatable bonds is 2. The van der Waals surface area contributed by atoms with Crippen LogP contribution in [0.4, 0.5) is 0 Å². The van der Waals surface area contributed by atoms with E-state index in [1.165, 1.54) is 25.9 Å². The van der Waals surface area contributed by atoms with Gasteiger partial charge in [0.2, 0.25) is 0 Å². The SMILES string of the molecule is CC(C)[C@H]1CNCC(C2CC2)N1C. The largest absolute Gasteiger partial charge is 0.314 e. The summed E-state index contributed by atoms with van der Waals surface area (Å²) in [4.78, 5) is 2.62. The van der Waals surface area contributed by atoms with Crippen molar-refractivity contribution in [1.82, 2.24) is 10.2 Å². The van der Waals surface area contributed by atoms with Crippen LogP contribution in [-0.4, -0.2) is 37.1 Å². The lowest BCUT2D eigenvalue weighted by atomic mass is 9.96. The molecule has 1 saturated heterocycles. The molecule has 1 N–H and O–H groups in total. The Morgan fingerprint density at radius 1 is 1.23 bits per heavy atom. The summed E-state index contributed by atoms with van der Waals surface area (Å²) in [5, 5.41) is 3.58. The first kappa shape index (κ1) is 9.47. The van der Waals surface area contributed by atoms with Gasteiger partial charge in [-0.3, -0.25) is 4.90 Å². The van der Waals surface area contributed by atoms with Gasteiger partial charge < -0.3 is 5.32 Å². The fraction of sp³-hybridized carbons (Fsp3) is 1.00. The van der Waals surface area contributed by atoms with Crippen LogP contribution in [0.15, 0.2) is 0 Å². The molecule has 0 spiro atoms. The van der Waals surface area contributed by atoms with Crippen molar-refractivity contribution in [3.8, 4) is 0 Å². The predicted octanol–water partition coefficient (Wildman–Crippen LogP) is 1.32. The molecule has 1 saturated carbocycles. The number of hydrogen-bond acceptors (Lipinski definition) is 2. The van der Waals surface area contributed by atoms with Gasteiger partial charge in [-0.15, -0.1) is 0 Å². The molecule has 1 aliphatic carbocycles. The number of piperazine rings is 1. The molecule has 1 heterocycles. The highest BCUT2D eigenvalue weighted by Gasteiger charge is 2.38. The fourth-order valence-electron chi connectivity index (χ4n) is 2.60. The maximum atomic E-state index is 3.58. The second kappa shape index (κ2) is 3.58. The normalized spacial score (nSPS) is 36.9. The molecule has 0 amide bonds. The minimum atomic E-state index is 0.749. The van der Waals surface area contributed by atoms with Crippen molar-refractivity contribution < 1.29 is 0 Å². The maximum absolute atomic E-state index is 3.58. The zero-order valence-corrected chi connectivity index (χ0v) is 9.09. The van der Waals surface area contributed by atoms with Gasteiger partial charge in [0, 0.05) is 25.2 Å². The quantitative estimate of drug-likeness (QED) is 0.693. The van der Waals surface area contributed by atoms with E-state index < -0.39 is 0 Å². The lowest BCUT2D eigenvalue weighted by Gasteiger charge is -2.42. The molecule has 1 aliphatic heterocycles. The van der Waals surface area contributed by atoms with E-state index in [2.05, 4.69) is 31.1 Å². The first-order chi connectivity index (χ1) is 6.20. The van der Waals surface area contributed by atoms with Crippen LogP contribution in [0.1, 0.15) is 26.7 Å². The minimum Gasteiger partial charge on any atom is -0.314 e. The smallest absolute Gasteiger partial charge is 0.0249 e. The summed E-state index contributed by atoms with van der Waals surface area (Å²) in [7, 11) is 2.31. The molecule has 76 valence electrons. The van der Waals surface area contributed by atoms with Crippen LogP contribution in [0.5, 0.6) is 0 Å². The Morgan fingerprint density at radius 3 is 2.46 bits per heavy atom. The molecule has 2 atom stereocenters. The third kappa shape index (κ3) is 1.89. The monoisotopic (exact) mass is 182 g/mol. The molecule has 0 aromatic carbocycles. The molecule has 2 nitrogen and oxygen atoms in total. The zero-order chi connectivity index (χ0) is 9.42. The lowest BCUT2D eigenvalue weighted by Crippen LogP contribution is -2.58. The summed E-state index contributed by atoms with van der Waals surface area (Å²) in [6.07, 6.45) is 2.92. The molecule has 2 rings (SSSR count). The first-order valence-corrected chi connectivity index (χ1v) is 5.63. The van der Waals surface area contributed by atoms with Gasteiger partial charge in [-0.1, -0.05) is 13.8 Å². The molecule has 2 fully saturated rings. The molecule has 1 unspecified atom stereocenters. The highest BCUT2D eigenvalue weighted by molar-refractivity contribution is 4.95. The van der Waals surface area contributed by atoms with Gasteiger partial charge >= 0.3 is 0 Å². The summed E-state index contributed by atoms with van der Waals surface area (Å²) in [5.74, 6) is 1.78. The van der Waals surface area contributed by atoms with E-state index in [9.17, 15) is 0 Å². The van der Waals surface area contributed by atoms with E-state index in [1.807, 2.05) is 0 Å². The minimum absolute atomic E-state index is 0.749. The molecular formula is C11H22N2. The van der Waals surface area contributed by atoms with Crippen LogP contribution in [0.25, 0.3) is 0 Å². The van der Waals surface area contributed by atoms with E-state index in [0.29, 0.717) is 0 Å². The Kier molecular flexibility index (Phi) is 2.61. The number of hydrogen-bond donors (Lipinski definition) is 1. The van der Waals surface area contributed by atoms with E-state index in [0.717, 1.165) is 23.9 Å². The molecule has 0 aromatic rings. The molecule has 2 aliphatic rings. The van der Waals surface area contributed by atoms with E-state index >= 15 is 0 Å². The van der Waals surface area contributed by atoms with Crippen LogP contribution in [0, 0.1) is 11.8 Å². The molecule has 0 aromatic heterocycles. The lowest BCUT2D eigenvalue weighted by molar-refractivity contribution is 0.0855. The Hall–Kier alpha value is -0.0800. The second-order valence-electron chi connectivity index (χ2n) is 5.04. The van der Waals surface area contributed by atoms with Crippen molar-refractivity contribution in [2.45, 2.75) is 38.8 Å². The highest BCUT2D eigenvalue weighted by atomic mass is 15.2. The number of likely N-dealkylation sites (N-methyl/N-ethyl adjacent to an activating group) is 1. The Labute approximate surface area is 81.7 Å². The van der Waals surface area contributed by atoms with E-state index in [1.54, 1.807) is 0 Å². The average molecular weight is 182 g/mol. The van der Waals surface area contributed by atoms with Crippen LogP contribution in [0.2, 0.25) is 0 Å². The zero-order valence-electron chi connectivity index (χ0n) is 9.09. The number of nitrogens with one attached hydrogen (secondary N) is 1. The van der Waals surface area contributed by atoms with E-state index in [4.69, 9.17) is 0 Å². The fourth-order valence-corrected chi connectivity index (χ4v) is 2.60. The molecule has 13 heavy (non-hydrogen) atoms. The summed E-state index contributed by atoms with van der Waals surface area (Å²) < 4.78 is 0. The number of nitrogens with zero attached hydrogens (tertiary/aromatic N) is 1. The highest BCUT2D eigenvalue weighted by Crippen LogP contribution is 2.36. The summed E-state index contributed by atoms with van der Waals surface area (Å²) in [6, 6.07) is 1.57. The first-order valence-electron chi connectivity index (χ1n) is 5.63. The standard InChI is InChI=1S/C11H22N2/c1-8(2)10-6-12-7-11(13(10)3)9-4-5-9/h8-12H,4-7H2,1-3H3/t10-,11?/m1/s1. The molecule has 0 bridgehead atoms. The predicted molar refractivity (Wildman–Crippen MR) is 55.8 cm³/mol. The van der Waals surface area contributed by atoms with Gasteiger partial charge in [-0.25, -0.2) is 0 Å². The van der Waals surface area contributed by atoms with Gasteiger partial charge in [-0.05, 0) is 31.7 Å². The van der Waals surface area contributed by atoms with Gasteiger partial charge in [-0.2, -0.15) is 0 Å². The van der Waals surface area contributed by atoms with Crippen molar-refractivity contribution in [1.29, 1.82) is 0 Å². The van der Waals surface area contributed by atoms with Crippen molar-refractivity contribution in [3.63, 3.8) is 0 Å². The van der Waals surface area contributed by atoms with Crippen LogP contribution < -0.4 is 5.32 Å². The molecule has 0 radical (unpaired) electrons. The van der Waals surface area contributed by atoms with Crippen molar-refractivity contribution in [2.24, 2.45) is 11.8 Å². The Bertz CT molecular complexity index is 165. The summed E-state index contributed by atoms with van der Waals surface area (Å²) in [5.41, 5.74) is 0. The van der Waals surface area contributed by atoms with Gasteiger partial charge in [0.05, 0.1) is 0 Å². The van der Waals surface area contributed by atoms with Crippen molar-refractivity contribution in [2.75, 3.05) is 20.1 Å². The average Bonchev–Trinajstić information content (AvgIpc) is 2.87. The molecule has 2 heteroatoms. The van der Waals surface area contributed by atoms with Gasteiger partial charge in [0.1, 0.15) is 0 Å². The second-order valence-corrected chi connectivity index (χ2v) is 5.04. The third-order valence-electron chi connectivity index (χ3n) is 3.69. The van der Waals surface area contributed by atoms with Gasteiger partial charge in [0.25, 0.3) is 0 Å². The third-order valence-corrected chi connectivity index (χ3v) is 3.69. The molecular weight excluding hydrogens is 160 g/mol.